The summed E-state index contributed by atoms with van der Waals surface area (Å²) in [5.41, 5.74) is 4.79. The predicted octanol–water partition coefficient (Wildman–Crippen LogP) is 7.78. The monoisotopic (exact) mass is 678 g/mol. The van der Waals surface area contributed by atoms with Crippen molar-refractivity contribution in [1.82, 2.24) is 4.31 Å². The molecule has 238 valence electrons. The summed E-state index contributed by atoms with van der Waals surface area (Å²) in [5.74, 6) is -0.609. The molecule has 0 saturated carbocycles. The van der Waals surface area contributed by atoms with Crippen LogP contribution in [0.25, 0.3) is 6.08 Å². The number of allylic oxidation sites excluding steroid dienone is 2. The fourth-order valence-corrected chi connectivity index (χ4v) is 7.08. The van der Waals surface area contributed by atoms with E-state index in [-0.39, 0.29) is 29.3 Å². The third kappa shape index (κ3) is 6.83. The summed E-state index contributed by atoms with van der Waals surface area (Å²) < 4.78 is 40.0. The average molecular weight is 680 g/mol. The molecule has 46 heavy (non-hydrogen) atoms. The van der Waals surface area contributed by atoms with Crippen molar-refractivity contribution in [3.05, 3.63) is 134 Å². The van der Waals surface area contributed by atoms with E-state index in [9.17, 15) is 18.0 Å². The van der Waals surface area contributed by atoms with Crippen molar-refractivity contribution in [2.24, 2.45) is 0 Å². The maximum absolute atomic E-state index is 13.9. The molecule has 11 heteroatoms. The molecule has 4 aromatic rings. The highest BCUT2D eigenvalue weighted by atomic mass is 35.5. The number of nitrogens with zero attached hydrogens (tertiary/aromatic N) is 2. The standard InChI is InChI=1S/C35H32Cl2N2O6S/c1-21-6-11-29(12-7-21)46(42,43)38(19-25-8-13-30(36)31(37)17-25)20-28-10-9-27(45-28)18-32-34(40)33(35(41)44-5)24(4)39(32)26-15-22(2)14-23(3)16-26/h6-18H,19-20H2,1-5H3/b32-18+. The Morgan fingerprint density at radius 3 is 2.17 bits per heavy atom. The summed E-state index contributed by atoms with van der Waals surface area (Å²) in [6, 6.07) is 20.7. The lowest BCUT2D eigenvalue weighted by Crippen LogP contribution is -2.30. The molecule has 0 fully saturated rings. The summed E-state index contributed by atoms with van der Waals surface area (Å²) >= 11 is 12.3. The smallest absolute Gasteiger partial charge is 0.343 e. The summed E-state index contributed by atoms with van der Waals surface area (Å²) in [4.78, 5) is 28.1. The van der Waals surface area contributed by atoms with Crippen molar-refractivity contribution in [1.29, 1.82) is 0 Å². The van der Waals surface area contributed by atoms with E-state index < -0.39 is 21.8 Å². The molecule has 0 radical (unpaired) electrons. The number of hydrogen-bond acceptors (Lipinski definition) is 7. The van der Waals surface area contributed by atoms with Gasteiger partial charge in [0.15, 0.2) is 0 Å². The Labute approximate surface area is 278 Å². The number of anilines is 1. The second kappa shape index (κ2) is 13.3. The van der Waals surface area contributed by atoms with Gasteiger partial charge in [-0.3, -0.25) is 4.79 Å². The van der Waals surface area contributed by atoms with Gasteiger partial charge >= 0.3 is 5.97 Å². The second-order valence-electron chi connectivity index (χ2n) is 11.1. The molecule has 0 amide bonds. The van der Waals surface area contributed by atoms with Crippen molar-refractivity contribution in [2.45, 2.75) is 45.7 Å². The summed E-state index contributed by atoms with van der Waals surface area (Å²) in [6.45, 7) is 7.35. The minimum Gasteiger partial charge on any atom is -0.465 e. The van der Waals surface area contributed by atoms with Crippen LogP contribution in [-0.2, 0) is 37.4 Å². The largest absolute Gasteiger partial charge is 0.465 e. The van der Waals surface area contributed by atoms with Crippen LogP contribution in [0.1, 0.15) is 40.7 Å². The second-order valence-corrected chi connectivity index (χ2v) is 13.9. The number of halogens is 2. The molecule has 0 atom stereocenters. The molecule has 5 rings (SSSR count). The Morgan fingerprint density at radius 1 is 0.870 bits per heavy atom. The normalized spacial score (nSPS) is 14.6. The molecule has 1 aromatic heterocycles. The van der Waals surface area contributed by atoms with E-state index in [1.165, 1.54) is 11.4 Å². The van der Waals surface area contributed by atoms with Crippen LogP contribution in [0.3, 0.4) is 0 Å². The zero-order valence-corrected chi connectivity index (χ0v) is 28.3. The van der Waals surface area contributed by atoms with Crippen LogP contribution in [0.5, 0.6) is 0 Å². The molecular weight excluding hydrogens is 647 g/mol. The SMILES string of the molecule is COC(=O)C1=C(C)N(c2cc(C)cc(C)c2)/C(=C/c2ccc(CN(Cc3ccc(Cl)c(Cl)c3)S(=O)(=O)c3ccc(C)cc3)o2)C1=O. The maximum atomic E-state index is 13.9. The van der Waals surface area contributed by atoms with Crippen LogP contribution in [-0.4, -0.2) is 31.6 Å². The number of carbonyl (C=O) groups excluding carboxylic acids is 2. The van der Waals surface area contributed by atoms with Gasteiger partial charge < -0.3 is 14.1 Å². The molecule has 8 nitrogen and oxygen atoms in total. The number of Topliss-reactive ketones (excluding diaryl/α,β-unsaturated/α-hetero) is 1. The molecular formula is C35H32Cl2N2O6S. The number of ketones is 1. The van der Waals surface area contributed by atoms with Crippen molar-refractivity contribution < 1.29 is 27.2 Å². The summed E-state index contributed by atoms with van der Waals surface area (Å²) in [7, 11) is -2.75. The van der Waals surface area contributed by atoms with Crippen LogP contribution in [0.15, 0.2) is 99.1 Å². The van der Waals surface area contributed by atoms with E-state index in [0.717, 1.165) is 16.7 Å². The zero-order chi connectivity index (χ0) is 33.3. The number of benzene rings is 3. The number of esters is 1. The molecule has 0 saturated heterocycles. The van der Waals surface area contributed by atoms with Crippen molar-refractivity contribution in [2.75, 3.05) is 12.0 Å². The molecule has 1 aliphatic rings. The Morgan fingerprint density at radius 2 is 1.54 bits per heavy atom. The van der Waals surface area contributed by atoms with Gasteiger partial charge in [-0.15, -0.1) is 0 Å². The maximum Gasteiger partial charge on any atom is 0.343 e. The lowest BCUT2D eigenvalue weighted by Gasteiger charge is -2.22. The number of rotatable bonds is 9. The zero-order valence-electron chi connectivity index (χ0n) is 25.9. The van der Waals surface area contributed by atoms with Gasteiger partial charge in [-0.1, -0.05) is 53.0 Å². The molecule has 0 spiro atoms. The van der Waals surface area contributed by atoms with Gasteiger partial charge in [0.05, 0.1) is 34.3 Å². The minimum atomic E-state index is -3.98. The summed E-state index contributed by atoms with van der Waals surface area (Å²) in [5, 5.41) is 0.669. The van der Waals surface area contributed by atoms with Gasteiger partial charge in [-0.05, 0) is 92.9 Å². The number of carbonyl (C=O) groups is 2. The van der Waals surface area contributed by atoms with Crippen LogP contribution >= 0.6 is 23.2 Å². The Bertz CT molecular complexity index is 1990. The predicted molar refractivity (Wildman–Crippen MR) is 179 cm³/mol. The number of sulfonamides is 1. The van der Waals surface area contributed by atoms with Crippen LogP contribution in [0.2, 0.25) is 10.0 Å². The van der Waals surface area contributed by atoms with Gasteiger partial charge in [-0.25, -0.2) is 13.2 Å². The van der Waals surface area contributed by atoms with Gasteiger partial charge in [0.2, 0.25) is 15.8 Å². The molecule has 3 aromatic carbocycles. The molecule has 0 bridgehead atoms. The number of aryl methyl sites for hydroxylation is 3. The van der Waals surface area contributed by atoms with Crippen LogP contribution < -0.4 is 4.90 Å². The highest BCUT2D eigenvalue weighted by molar-refractivity contribution is 7.89. The van der Waals surface area contributed by atoms with Gasteiger partial charge in [0, 0.05) is 24.0 Å². The molecule has 0 N–H and O–H groups in total. The minimum absolute atomic E-state index is 0.00516. The van der Waals surface area contributed by atoms with Crippen LogP contribution in [0.4, 0.5) is 5.69 Å². The first-order valence-corrected chi connectivity index (χ1v) is 16.5. The van der Waals surface area contributed by atoms with Crippen LogP contribution in [0, 0.1) is 20.8 Å². The molecule has 0 aliphatic carbocycles. The van der Waals surface area contributed by atoms with Crippen molar-refractivity contribution in [3.8, 4) is 0 Å². The fraction of sp³-hybridized carbons (Fsp3) is 0.200. The third-order valence-electron chi connectivity index (χ3n) is 7.55. The Kier molecular flexibility index (Phi) is 9.60. The first-order chi connectivity index (χ1) is 21.8. The topological polar surface area (TPSA) is 97.1 Å². The highest BCUT2D eigenvalue weighted by Crippen LogP contribution is 2.37. The number of furan rings is 1. The van der Waals surface area contributed by atoms with E-state index in [0.29, 0.717) is 38.5 Å². The quantitative estimate of drug-likeness (QED) is 0.101. The van der Waals surface area contributed by atoms with E-state index >= 15 is 0 Å². The molecule has 2 heterocycles. The average Bonchev–Trinajstić information content (AvgIpc) is 3.54. The number of ether oxygens (including phenoxy) is 1. The van der Waals surface area contributed by atoms with Gasteiger partial charge in [0.25, 0.3) is 0 Å². The van der Waals surface area contributed by atoms with E-state index in [1.54, 1.807) is 72.5 Å². The van der Waals surface area contributed by atoms with E-state index in [1.807, 2.05) is 39.0 Å². The lowest BCUT2D eigenvalue weighted by molar-refractivity contribution is -0.137. The highest BCUT2D eigenvalue weighted by Gasteiger charge is 2.38. The van der Waals surface area contributed by atoms with E-state index in [2.05, 4.69) is 0 Å². The Balaban J connectivity index is 1.52. The first kappa shape index (κ1) is 33.2. The first-order valence-electron chi connectivity index (χ1n) is 14.3. The molecule has 1 aliphatic heterocycles. The van der Waals surface area contributed by atoms with Crippen molar-refractivity contribution >= 4 is 56.7 Å². The van der Waals surface area contributed by atoms with E-state index in [4.69, 9.17) is 32.4 Å². The fourth-order valence-electron chi connectivity index (χ4n) is 5.36. The number of hydrogen-bond donors (Lipinski definition) is 0. The lowest BCUT2D eigenvalue weighted by atomic mass is 10.1. The third-order valence-corrected chi connectivity index (χ3v) is 10.1. The van der Waals surface area contributed by atoms with Crippen molar-refractivity contribution in [3.63, 3.8) is 0 Å². The number of methoxy groups -OCH3 is 1. The summed E-state index contributed by atoms with van der Waals surface area (Å²) in [6.07, 6.45) is 1.54. The molecule has 0 unspecified atom stereocenters. The van der Waals surface area contributed by atoms with Gasteiger partial charge in [0.1, 0.15) is 17.1 Å². The van der Waals surface area contributed by atoms with Gasteiger partial charge in [-0.2, -0.15) is 4.31 Å². The Hall–Kier alpha value is -4.15.